The zero-order chi connectivity index (χ0) is 12.1. The number of benzene rings is 1. The van der Waals surface area contributed by atoms with E-state index in [9.17, 15) is 0 Å². The maximum absolute atomic E-state index is 3.34. The van der Waals surface area contributed by atoms with E-state index in [1.165, 1.54) is 43.5 Å². The quantitative estimate of drug-likeness (QED) is 0.840. The molecule has 1 unspecified atom stereocenters. The predicted molar refractivity (Wildman–Crippen MR) is 74.7 cm³/mol. The first kappa shape index (κ1) is 12.4. The molecule has 1 aliphatic rings. The lowest BCUT2D eigenvalue weighted by Crippen LogP contribution is -2.44. The van der Waals surface area contributed by atoms with E-state index in [2.05, 4.69) is 48.5 Å². The van der Waals surface area contributed by atoms with Crippen LogP contribution in [0.3, 0.4) is 0 Å². The van der Waals surface area contributed by atoms with Gasteiger partial charge in [-0.3, -0.25) is 0 Å². The second-order valence-electron chi connectivity index (χ2n) is 4.93. The highest BCUT2D eigenvalue weighted by Gasteiger charge is 2.22. The first-order valence-corrected chi connectivity index (χ1v) is 6.86. The van der Waals surface area contributed by atoms with Crippen molar-refractivity contribution < 1.29 is 0 Å². The van der Waals surface area contributed by atoms with Gasteiger partial charge in [0.05, 0.1) is 0 Å². The molecular formula is C15H24N2. The van der Waals surface area contributed by atoms with Crippen molar-refractivity contribution in [2.24, 2.45) is 0 Å². The SMILES string of the molecule is CCCC(CNC)N1CCCc2ccccc21. The van der Waals surface area contributed by atoms with E-state index in [0.717, 1.165) is 6.54 Å². The minimum Gasteiger partial charge on any atom is -0.367 e. The fraction of sp³-hybridized carbons (Fsp3) is 0.600. The van der Waals surface area contributed by atoms with Crippen LogP contribution < -0.4 is 10.2 Å². The average Bonchev–Trinajstić information content (AvgIpc) is 2.38. The van der Waals surface area contributed by atoms with Crippen LogP contribution in [0.15, 0.2) is 24.3 Å². The van der Waals surface area contributed by atoms with Crippen molar-refractivity contribution in [3.05, 3.63) is 29.8 Å². The van der Waals surface area contributed by atoms with E-state index in [1.54, 1.807) is 0 Å². The molecule has 17 heavy (non-hydrogen) atoms. The van der Waals surface area contributed by atoms with Crippen LogP contribution in [0.5, 0.6) is 0 Å². The Morgan fingerprint density at radius 2 is 2.18 bits per heavy atom. The molecule has 0 spiro atoms. The Morgan fingerprint density at radius 3 is 2.94 bits per heavy atom. The summed E-state index contributed by atoms with van der Waals surface area (Å²) in [6.45, 7) is 4.57. The molecule has 2 heteroatoms. The van der Waals surface area contributed by atoms with Crippen LogP contribution >= 0.6 is 0 Å². The summed E-state index contributed by atoms with van der Waals surface area (Å²) in [5, 5.41) is 3.34. The number of para-hydroxylation sites is 1. The molecule has 0 aliphatic carbocycles. The third-order valence-corrected chi connectivity index (χ3v) is 3.65. The van der Waals surface area contributed by atoms with E-state index >= 15 is 0 Å². The maximum Gasteiger partial charge on any atom is 0.0414 e. The molecule has 1 aliphatic heterocycles. The molecule has 0 aromatic heterocycles. The zero-order valence-electron chi connectivity index (χ0n) is 11.1. The number of fused-ring (bicyclic) bond motifs is 1. The molecule has 2 nitrogen and oxygen atoms in total. The van der Waals surface area contributed by atoms with Crippen LogP contribution in [0, 0.1) is 0 Å². The molecule has 0 radical (unpaired) electrons. The molecule has 1 N–H and O–H groups in total. The Balaban J connectivity index is 2.20. The predicted octanol–water partition coefficient (Wildman–Crippen LogP) is 2.83. The van der Waals surface area contributed by atoms with Crippen LogP contribution in [0.1, 0.15) is 31.7 Å². The van der Waals surface area contributed by atoms with Crippen LogP contribution in [0.2, 0.25) is 0 Å². The summed E-state index contributed by atoms with van der Waals surface area (Å²) < 4.78 is 0. The van der Waals surface area contributed by atoms with Gasteiger partial charge in [0.2, 0.25) is 0 Å². The Kier molecular flexibility index (Phi) is 4.43. The van der Waals surface area contributed by atoms with E-state index in [4.69, 9.17) is 0 Å². The third kappa shape index (κ3) is 2.81. The van der Waals surface area contributed by atoms with Gasteiger partial charge in [-0.1, -0.05) is 31.5 Å². The normalized spacial score (nSPS) is 16.7. The van der Waals surface area contributed by atoms with Crippen molar-refractivity contribution in [2.45, 2.75) is 38.6 Å². The number of rotatable bonds is 5. The molecule has 94 valence electrons. The van der Waals surface area contributed by atoms with Crippen LogP contribution in [0.25, 0.3) is 0 Å². The Labute approximate surface area is 105 Å². The Morgan fingerprint density at radius 1 is 1.35 bits per heavy atom. The van der Waals surface area contributed by atoms with Gasteiger partial charge in [0, 0.05) is 24.8 Å². The highest BCUT2D eigenvalue weighted by Crippen LogP contribution is 2.29. The highest BCUT2D eigenvalue weighted by molar-refractivity contribution is 5.56. The summed E-state index contributed by atoms with van der Waals surface area (Å²) in [4.78, 5) is 2.61. The van der Waals surface area contributed by atoms with Crippen LogP contribution in [0.4, 0.5) is 5.69 Å². The number of hydrogen-bond acceptors (Lipinski definition) is 2. The number of anilines is 1. The first-order valence-electron chi connectivity index (χ1n) is 6.86. The van der Waals surface area contributed by atoms with E-state index in [1.807, 2.05) is 0 Å². The summed E-state index contributed by atoms with van der Waals surface area (Å²) in [5.41, 5.74) is 2.99. The van der Waals surface area contributed by atoms with Crippen molar-refractivity contribution >= 4 is 5.69 Å². The standard InChI is InChI=1S/C15H24N2/c1-3-7-14(12-16-2)17-11-6-9-13-8-4-5-10-15(13)17/h4-5,8,10,14,16H,3,6-7,9,11-12H2,1-2H3. The molecule has 2 rings (SSSR count). The lowest BCUT2D eigenvalue weighted by Gasteiger charge is -2.38. The molecular weight excluding hydrogens is 208 g/mol. The molecule has 1 aromatic carbocycles. The fourth-order valence-corrected chi connectivity index (χ4v) is 2.88. The highest BCUT2D eigenvalue weighted by atomic mass is 15.2. The van der Waals surface area contributed by atoms with Crippen molar-refractivity contribution in [1.29, 1.82) is 0 Å². The van der Waals surface area contributed by atoms with Gasteiger partial charge in [0.25, 0.3) is 0 Å². The van der Waals surface area contributed by atoms with E-state index < -0.39 is 0 Å². The average molecular weight is 232 g/mol. The summed E-state index contributed by atoms with van der Waals surface area (Å²) in [5.74, 6) is 0. The molecule has 0 saturated heterocycles. The van der Waals surface area contributed by atoms with Gasteiger partial charge in [-0.15, -0.1) is 0 Å². The third-order valence-electron chi connectivity index (χ3n) is 3.65. The van der Waals surface area contributed by atoms with Crippen molar-refractivity contribution in [3.8, 4) is 0 Å². The number of hydrogen-bond donors (Lipinski definition) is 1. The largest absolute Gasteiger partial charge is 0.367 e. The molecule has 0 amide bonds. The number of nitrogens with one attached hydrogen (secondary N) is 1. The van der Waals surface area contributed by atoms with Gasteiger partial charge < -0.3 is 10.2 Å². The zero-order valence-corrected chi connectivity index (χ0v) is 11.1. The lowest BCUT2D eigenvalue weighted by molar-refractivity contribution is 0.501. The van der Waals surface area contributed by atoms with E-state index in [-0.39, 0.29) is 0 Å². The fourth-order valence-electron chi connectivity index (χ4n) is 2.88. The second-order valence-corrected chi connectivity index (χ2v) is 4.93. The summed E-state index contributed by atoms with van der Waals surface area (Å²) in [6.07, 6.45) is 5.06. The molecule has 0 bridgehead atoms. The van der Waals surface area contributed by atoms with Crippen molar-refractivity contribution in [1.82, 2.24) is 5.32 Å². The van der Waals surface area contributed by atoms with Crippen molar-refractivity contribution in [3.63, 3.8) is 0 Å². The number of nitrogens with zero attached hydrogens (tertiary/aromatic N) is 1. The van der Waals surface area contributed by atoms with Gasteiger partial charge in [-0.05, 0) is 37.9 Å². The van der Waals surface area contributed by atoms with Gasteiger partial charge in [0.15, 0.2) is 0 Å². The van der Waals surface area contributed by atoms with Gasteiger partial charge in [-0.25, -0.2) is 0 Å². The number of aryl methyl sites for hydroxylation is 1. The molecule has 0 fully saturated rings. The molecule has 1 heterocycles. The van der Waals surface area contributed by atoms with Gasteiger partial charge in [-0.2, -0.15) is 0 Å². The maximum atomic E-state index is 3.34. The van der Waals surface area contributed by atoms with Crippen LogP contribution in [-0.2, 0) is 6.42 Å². The molecule has 0 saturated carbocycles. The Hall–Kier alpha value is -1.02. The lowest BCUT2D eigenvalue weighted by atomic mass is 9.98. The van der Waals surface area contributed by atoms with Gasteiger partial charge >= 0.3 is 0 Å². The van der Waals surface area contributed by atoms with Crippen molar-refractivity contribution in [2.75, 3.05) is 25.0 Å². The molecule has 1 atom stereocenters. The van der Waals surface area contributed by atoms with Crippen LogP contribution in [-0.4, -0.2) is 26.2 Å². The summed E-state index contributed by atoms with van der Waals surface area (Å²) in [7, 11) is 2.05. The minimum absolute atomic E-state index is 0.645. The summed E-state index contributed by atoms with van der Waals surface area (Å²) >= 11 is 0. The Bertz CT molecular complexity index is 343. The monoisotopic (exact) mass is 232 g/mol. The van der Waals surface area contributed by atoms with Gasteiger partial charge in [0.1, 0.15) is 0 Å². The second kappa shape index (κ2) is 6.06. The minimum atomic E-state index is 0.645. The number of likely N-dealkylation sites (N-methyl/N-ethyl adjacent to an activating group) is 1. The first-order chi connectivity index (χ1) is 8.36. The molecule has 1 aromatic rings. The topological polar surface area (TPSA) is 15.3 Å². The summed E-state index contributed by atoms with van der Waals surface area (Å²) in [6, 6.07) is 9.54. The smallest absolute Gasteiger partial charge is 0.0414 e. The van der Waals surface area contributed by atoms with E-state index in [0.29, 0.717) is 6.04 Å².